The molecule has 1 fully saturated rings. The number of piperidine rings is 1. The Labute approximate surface area is 135 Å². The second kappa shape index (κ2) is 7.76. The van der Waals surface area contributed by atoms with Gasteiger partial charge in [0.1, 0.15) is 0 Å². The smallest absolute Gasteiger partial charge is 0.337 e. The topological polar surface area (TPSA) is 72.9 Å². The lowest BCUT2D eigenvalue weighted by Crippen LogP contribution is -2.40. The maximum absolute atomic E-state index is 12.4. The Bertz CT molecular complexity index is 573. The summed E-state index contributed by atoms with van der Waals surface area (Å²) in [7, 11) is 1.31. The van der Waals surface area contributed by atoms with E-state index in [-0.39, 0.29) is 17.8 Å². The summed E-state index contributed by atoms with van der Waals surface area (Å²) in [6, 6.07) is 6.38. The van der Waals surface area contributed by atoms with Gasteiger partial charge in [0.05, 0.1) is 25.2 Å². The van der Waals surface area contributed by atoms with Gasteiger partial charge in [-0.15, -0.1) is 0 Å². The highest BCUT2D eigenvalue weighted by atomic mass is 16.5. The van der Waals surface area contributed by atoms with E-state index >= 15 is 0 Å². The molecule has 23 heavy (non-hydrogen) atoms. The minimum atomic E-state index is -0.431. The Balaban J connectivity index is 1.94. The number of hydrogen-bond donors (Lipinski definition) is 0. The molecule has 1 aromatic rings. The van der Waals surface area contributed by atoms with Crippen LogP contribution < -0.4 is 0 Å². The molecule has 0 aromatic heterocycles. The summed E-state index contributed by atoms with van der Waals surface area (Å²) in [6.45, 7) is 3.22. The zero-order valence-corrected chi connectivity index (χ0v) is 13.4. The number of nitrogens with zero attached hydrogens (tertiary/aromatic N) is 1. The van der Waals surface area contributed by atoms with Crippen LogP contribution in [0.25, 0.3) is 0 Å². The van der Waals surface area contributed by atoms with Crippen molar-refractivity contribution in [3.05, 3.63) is 35.4 Å². The van der Waals surface area contributed by atoms with Crippen LogP contribution in [0, 0.1) is 5.92 Å². The summed E-state index contributed by atoms with van der Waals surface area (Å²) in [5, 5.41) is 0. The largest absolute Gasteiger partial charge is 0.466 e. The number of rotatable bonds is 4. The van der Waals surface area contributed by atoms with E-state index in [4.69, 9.17) is 4.74 Å². The summed E-state index contributed by atoms with van der Waals surface area (Å²) in [5.74, 6) is -0.828. The highest BCUT2D eigenvalue weighted by Gasteiger charge is 2.28. The molecule has 1 heterocycles. The molecule has 1 amide bonds. The number of ether oxygens (including phenoxy) is 2. The van der Waals surface area contributed by atoms with Gasteiger partial charge < -0.3 is 14.4 Å². The molecule has 0 unspecified atom stereocenters. The predicted molar refractivity (Wildman–Crippen MR) is 83.0 cm³/mol. The van der Waals surface area contributed by atoms with E-state index in [0.29, 0.717) is 43.7 Å². The third-order valence-corrected chi connectivity index (χ3v) is 3.96. The molecule has 0 aliphatic carbocycles. The van der Waals surface area contributed by atoms with Crippen LogP contribution in [0.4, 0.5) is 0 Å². The van der Waals surface area contributed by atoms with Gasteiger partial charge in [0.2, 0.25) is 0 Å². The highest BCUT2D eigenvalue weighted by Crippen LogP contribution is 2.20. The maximum Gasteiger partial charge on any atom is 0.337 e. The molecule has 0 bridgehead atoms. The van der Waals surface area contributed by atoms with Crippen molar-refractivity contribution in [2.24, 2.45) is 5.92 Å². The molecule has 0 radical (unpaired) electrons. The molecular formula is C17H21NO5. The van der Waals surface area contributed by atoms with Crippen molar-refractivity contribution in [1.29, 1.82) is 0 Å². The van der Waals surface area contributed by atoms with Gasteiger partial charge in [-0.05, 0) is 44.0 Å². The number of methoxy groups -OCH3 is 1. The maximum atomic E-state index is 12.4. The third-order valence-electron chi connectivity index (χ3n) is 3.96. The number of carbonyl (C=O) groups is 3. The normalized spacial score (nSPS) is 15.1. The molecule has 0 atom stereocenters. The van der Waals surface area contributed by atoms with Gasteiger partial charge in [0.15, 0.2) is 0 Å². The van der Waals surface area contributed by atoms with Gasteiger partial charge in [-0.25, -0.2) is 4.79 Å². The molecule has 6 heteroatoms. The van der Waals surface area contributed by atoms with Crippen molar-refractivity contribution in [3.63, 3.8) is 0 Å². The second-order valence-corrected chi connectivity index (χ2v) is 5.39. The van der Waals surface area contributed by atoms with Crippen LogP contribution in [0.1, 0.15) is 40.5 Å². The Hall–Kier alpha value is -2.37. The highest BCUT2D eigenvalue weighted by molar-refractivity contribution is 5.96. The number of benzene rings is 1. The zero-order chi connectivity index (χ0) is 16.8. The van der Waals surface area contributed by atoms with Crippen LogP contribution in [0.15, 0.2) is 24.3 Å². The predicted octanol–water partition coefficient (Wildman–Crippen LogP) is 1.89. The number of carbonyl (C=O) groups excluding carboxylic acids is 3. The molecule has 1 aliphatic heterocycles. The molecule has 0 N–H and O–H groups in total. The van der Waals surface area contributed by atoms with Crippen LogP contribution in [-0.4, -0.2) is 49.6 Å². The molecule has 1 saturated heterocycles. The lowest BCUT2D eigenvalue weighted by molar-refractivity contribution is -0.149. The van der Waals surface area contributed by atoms with Crippen LogP contribution in [0.3, 0.4) is 0 Å². The van der Waals surface area contributed by atoms with E-state index < -0.39 is 5.97 Å². The first-order valence-corrected chi connectivity index (χ1v) is 7.71. The van der Waals surface area contributed by atoms with Crippen molar-refractivity contribution in [2.45, 2.75) is 19.8 Å². The number of likely N-dealkylation sites (tertiary alicyclic amines) is 1. The second-order valence-electron chi connectivity index (χ2n) is 5.39. The molecule has 0 spiro atoms. The summed E-state index contributed by atoms with van der Waals surface area (Å²) >= 11 is 0. The SMILES string of the molecule is CCOC(=O)C1CCN(C(=O)c2ccc(C(=O)OC)cc2)CC1. The van der Waals surface area contributed by atoms with E-state index in [1.807, 2.05) is 0 Å². The Morgan fingerprint density at radius 1 is 1.09 bits per heavy atom. The van der Waals surface area contributed by atoms with Gasteiger partial charge in [-0.3, -0.25) is 9.59 Å². The molecule has 0 saturated carbocycles. The van der Waals surface area contributed by atoms with Crippen molar-refractivity contribution in [2.75, 3.05) is 26.8 Å². The average molecular weight is 319 g/mol. The fraction of sp³-hybridized carbons (Fsp3) is 0.471. The first-order chi connectivity index (χ1) is 11.1. The lowest BCUT2D eigenvalue weighted by Gasteiger charge is -2.31. The Morgan fingerprint density at radius 3 is 2.17 bits per heavy atom. The zero-order valence-electron chi connectivity index (χ0n) is 13.4. The first kappa shape index (κ1) is 17.0. The minimum absolute atomic E-state index is 0.0938. The monoisotopic (exact) mass is 319 g/mol. The van der Waals surface area contributed by atoms with E-state index in [1.165, 1.54) is 7.11 Å². The molecular weight excluding hydrogens is 298 g/mol. The molecule has 1 aliphatic rings. The van der Waals surface area contributed by atoms with Crippen molar-refractivity contribution in [3.8, 4) is 0 Å². The van der Waals surface area contributed by atoms with Gasteiger partial charge in [-0.2, -0.15) is 0 Å². The van der Waals surface area contributed by atoms with Crippen molar-refractivity contribution >= 4 is 17.8 Å². The van der Waals surface area contributed by atoms with Gasteiger partial charge >= 0.3 is 11.9 Å². The summed E-state index contributed by atoms with van der Waals surface area (Å²) in [4.78, 5) is 37.3. The standard InChI is InChI=1S/C17H21NO5/c1-3-23-17(21)14-8-10-18(11-9-14)15(19)12-4-6-13(7-5-12)16(20)22-2/h4-7,14H,3,8-11H2,1-2H3. The molecule has 6 nitrogen and oxygen atoms in total. The van der Waals surface area contributed by atoms with Gasteiger partial charge in [0.25, 0.3) is 5.91 Å². The van der Waals surface area contributed by atoms with Crippen LogP contribution in [0.2, 0.25) is 0 Å². The summed E-state index contributed by atoms with van der Waals surface area (Å²) in [6.07, 6.45) is 1.23. The van der Waals surface area contributed by atoms with Crippen LogP contribution >= 0.6 is 0 Å². The summed E-state index contributed by atoms with van der Waals surface area (Å²) in [5.41, 5.74) is 0.928. The van der Waals surface area contributed by atoms with Crippen LogP contribution in [0.5, 0.6) is 0 Å². The molecule has 124 valence electrons. The van der Waals surface area contributed by atoms with E-state index in [2.05, 4.69) is 4.74 Å². The van der Waals surface area contributed by atoms with Gasteiger partial charge in [-0.1, -0.05) is 0 Å². The number of amides is 1. The Kier molecular flexibility index (Phi) is 5.73. The first-order valence-electron chi connectivity index (χ1n) is 7.71. The quantitative estimate of drug-likeness (QED) is 0.792. The van der Waals surface area contributed by atoms with E-state index in [9.17, 15) is 14.4 Å². The fourth-order valence-corrected chi connectivity index (χ4v) is 2.63. The number of esters is 2. The van der Waals surface area contributed by atoms with Crippen LogP contribution in [-0.2, 0) is 14.3 Å². The third kappa shape index (κ3) is 4.09. The van der Waals surface area contributed by atoms with Crippen molar-refractivity contribution in [1.82, 2.24) is 4.90 Å². The van der Waals surface area contributed by atoms with E-state index in [1.54, 1.807) is 36.1 Å². The Morgan fingerprint density at radius 2 is 1.65 bits per heavy atom. The average Bonchev–Trinajstić information content (AvgIpc) is 2.61. The van der Waals surface area contributed by atoms with E-state index in [0.717, 1.165) is 0 Å². The lowest BCUT2D eigenvalue weighted by atomic mass is 9.96. The van der Waals surface area contributed by atoms with Gasteiger partial charge in [0, 0.05) is 18.7 Å². The number of hydrogen-bond acceptors (Lipinski definition) is 5. The fourth-order valence-electron chi connectivity index (χ4n) is 2.63. The molecule has 1 aromatic carbocycles. The molecule has 2 rings (SSSR count). The summed E-state index contributed by atoms with van der Waals surface area (Å²) < 4.78 is 9.65. The minimum Gasteiger partial charge on any atom is -0.466 e. The van der Waals surface area contributed by atoms with Crippen molar-refractivity contribution < 1.29 is 23.9 Å².